The molecule has 0 unspecified atom stereocenters. The molecule has 6 heteroatoms. The molecule has 0 aliphatic carbocycles. The van der Waals surface area contributed by atoms with Crippen LogP contribution in [-0.4, -0.2) is 39.3 Å². The van der Waals surface area contributed by atoms with Crippen LogP contribution in [0.4, 0.5) is 0 Å². The SMILES string of the molecule is COc1ccc(/C=C/C(=O)/C=C(O)/C=C/c2ccc(OC)cc2OC)c(OC)c1. The Balaban J connectivity index is 2.11. The van der Waals surface area contributed by atoms with Crippen molar-refractivity contribution in [3.05, 3.63) is 71.5 Å². The van der Waals surface area contributed by atoms with Gasteiger partial charge in [0.15, 0.2) is 5.78 Å². The molecule has 0 radical (unpaired) electrons. The molecule has 2 aromatic carbocycles. The van der Waals surface area contributed by atoms with Gasteiger partial charge in [0.25, 0.3) is 0 Å². The lowest BCUT2D eigenvalue weighted by Gasteiger charge is -2.07. The van der Waals surface area contributed by atoms with Crippen molar-refractivity contribution < 1.29 is 28.8 Å². The number of ketones is 1. The van der Waals surface area contributed by atoms with Crippen molar-refractivity contribution in [1.82, 2.24) is 0 Å². The van der Waals surface area contributed by atoms with Gasteiger partial charge in [-0.25, -0.2) is 0 Å². The molecule has 0 fully saturated rings. The minimum atomic E-state index is -0.369. The van der Waals surface area contributed by atoms with Crippen molar-refractivity contribution in [2.75, 3.05) is 28.4 Å². The van der Waals surface area contributed by atoms with E-state index in [0.717, 1.165) is 11.6 Å². The van der Waals surface area contributed by atoms with Crippen LogP contribution in [0.3, 0.4) is 0 Å². The molecule has 1 N–H and O–H groups in total. The van der Waals surface area contributed by atoms with Gasteiger partial charge in [0, 0.05) is 29.3 Å². The second-order valence-electron chi connectivity index (χ2n) is 5.85. The fourth-order valence-electron chi connectivity index (χ4n) is 2.50. The zero-order chi connectivity index (χ0) is 21.2. The Morgan fingerprint density at radius 3 is 1.69 bits per heavy atom. The number of ether oxygens (including phenoxy) is 4. The molecule has 2 aromatic rings. The lowest BCUT2D eigenvalue weighted by atomic mass is 10.1. The van der Waals surface area contributed by atoms with Gasteiger partial charge in [0.2, 0.25) is 0 Å². The third-order valence-electron chi connectivity index (χ3n) is 4.03. The molecule has 0 aliphatic rings. The van der Waals surface area contributed by atoms with E-state index in [1.54, 1.807) is 69.9 Å². The number of carbonyl (C=O) groups is 1. The monoisotopic (exact) mass is 396 g/mol. The molecule has 0 amide bonds. The Labute approximate surface area is 170 Å². The number of benzene rings is 2. The van der Waals surface area contributed by atoms with Gasteiger partial charge in [0.1, 0.15) is 28.8 Å². The summed E-state index contributed by atoms with van der Waals surface area (Å²) in [5, 5.41) is 10.0. The standard InChI is InChI=1S/C23H24O6/c1-26-20-11-7-16(22(14-20)28-3)5-9-18(24)13-19(25)10-6-17-8-12-21(27-2)15-23(17)29-4/h5-15,24H,1-4H3/b9-5+,10-6+,18-13-. The second kappa shape index (κ2) is 10.6. The van der Waals surface area contributed by atoms with E-state index in [-0.39, 0.29) is 11.5 Å². The van der Waals surface area contributed by atoms with E-state index in [1.807, 2.05) is 0 Å². The van der Waals surface area contributed by atoms with Crippen molar-refractivity contribution in [3.8, 4) is 23.0 Å². The molecule has 0 aliphatic heterocycles. The first kappa shape index (κ1) is 21.6. The number of aliphatic hydroxyl groups is 1. The third kappa shape index (κ3) is 6.17. The van der Waals surface area contributed by atoms with E-state index in [0.29, 0.717) is 28.6 Å². The van der Waals surface area contributed by atoms with Gasteiger partial charge in [-0.15, -0.1) is 0 Å². The van der Waals surface area contributed by atoms with Crippen molar-refractivity contribution >= 4 is 17.9 Å². The largest absolute Gasteiger partial charge is 0.508 e. The van der Waals surface area contributed by atoms with Crippen LogP contribution in [0.25, 0.3) is 12.2 Å². The molecule has 0 saturated heterocycles. The minimum absolute atomic E-state index is 0.181. The summed E-state index contributed by atoms with van der Waals surface area (Å²) < 4.78 is 20.9. The fraction of sp³-hybridized carbons (Fsp3) is 0.174. The summed E-state index contributed by atoms with van der Waals surface area (Å²) in [6, 6.07) is 10.6. The number of aliphatic hydroxyl groups excluding tert-OH is 1. The van der Waals surface area contributed by atoms with Crippen LogP contribution in [0.2, 0.25) is 0 Å². The summed E-state index contributed by atoms with van der Waals surface area (Å²) >= 11 is 0. The van der Waals surface area contributed by atoms with Gasteiger partial charge >= 0.3 is 0 Å². The Bertz CT molecular complexity index is 940. The number of hydrogen-bond acceptors (Lipinski definition) is 6. The number of allylic oxidation sites excluding steroid dienone is 3. The lowest BCUT2D eigenvalue weighted by molar-refractivity contribution is -0.110. The van der Waals surface area contributed by atoms with Crippen LogP contribution in [0.5, 0.6) is 23.0 Å². The average molecular weight is 396 g/mol. The van der Waals surface area contributed by atoms with Crippen LogP contribution < -0.4 is 18.9 Å². The fourth-order valence-corrected chi connectivity index (χ4v) is 2.50. The smallest absolute Gasteiger partial charge is 0.182 e. The maximum atomic E-state index is 12.1. The van der Waals surface area contributed by atoms with Gasteiger partial charge in [-0.05, 0) is 48.6 Å². The highest BCUT2D eigenvalue weighted by atomic mass is 16.5. The Morgan fingerprint density at radius 2 is 1.24 bits per heavy atom. The number of rotatable bonds is 9. The molecule has 152 valence electrons. The average Bonchev–Trinajstić information content (AvgIpc) is 2.75. The van der Waals surface area contributed by atoms with Gasteiger partial charge in [-0.1, -0.05) is 0 Å². The first-order valence-corrected chi connectivity index (χ1v) is 8.75. The summed E-state index contributed by atoms with van der Waals surface area (Å²) in [7, 11) is 6.22. The van der Waals surface area contributed by atoms with Crippen molar-refractivity contribution in [2.45, 2.75) is 0 Å². The normalized spacial score (nSPS) is 11.7. The topological polar surface area (TPSA) is 74.2 Å². The van der Waals surface area contributed by atoms with Crippen molar-refractivity contribution in [2.24, 2.45) is 0 Å². The molecule has 29 heavy (non-hydrogen) atoms. The molecule has 0 aromatic heterocycles. The summed E-state index contributed by atoms with van der Waals surface area (Å²) in [5.74, 6) is 1.93. The highest BCUT2D eigenvalue weighted by Crippen LogP contribution is 2.26. The predicted octanol–water partition coefficient (Wildman–Crippen LogP) is 4.46. The van der Waals surface area contributed by atoms with E-state index in [9.17, 15) is 9.90 Å². The first-order valence-electron chi connectivity index (χ1n) is 8.75. The Kier molecular flexibility index (Phi) is 7.91. The zero-order valence-corrected chi connectivity index (χ0v) is 16.8. The number of hydrogen-bond donors (Lipinski definition) is 1. The Morgan fingerprint density at radius 1 is 0.759 bits per heavy atom. The maximum Gasteiger partial charge on any atom is 0.182 e. The maximum absolute atomic E-state index is 12.1. The van der Waals surface area contributed by atoms with Gasteiger partial charge < -0.3 is 24.1 Å². The van der Waals surface area contributed by atoms with E-state index in [2.05, 4.69) is 0 Å². The predicted molar refractivity (Wildman–Crippen MR) is 113 cm³/mol. The third-order valence-corrected chi connectivity index (χ3v) is 4.03. The van der Waals surface area contributed by atoms with E-state index >= 15 is 0 Å². The molecule has 0 atom stereocenters. The lowest BCUT2D eigenvalue weighted by Crippen LogP contribution is -1.92. The molecule has 0 heterocycles. The minimum Gasteiger partial charge on any atom is -0.508 e. The van der Waals surface area contributed by atoms with E-state index in [1.165, 1.54) is 19.3 Å². The highest BCUT2D eigenvalue weighted by Gasteiger charge is 2.04. The van der Waals surface area contributed by atoms with Crippen molar-refractivity contribution in [3.63, 3.8) is 0 Å². The van der Waals surface area contributed by atoms with Crippen LogP contribution in [-0.2, 0) is 4.79 Å². The van der Waals surface area contributed by atoms with Crippen molar-refractivity contribution in [1.29, 1.82) is 0 Å². The van der Waals surface area contributed by atoms with Gasteiger partial charge in [-0.2, -0.15) is 0 Å². The first-order chi connectivity index (χ1) is 14.0. The molecule has 0 spiro atoms. The molecular weight excluding hydrogens is 372 g/mol. The summed E-state index contributed by atoms with van der Waals surface area (Å²) in [6.07, 6.45) is 7.15. The number of methoxy groups -OCH3 is 4. The summed E-state index contributed by atoms with van der Waals surface area (Å²) in [6.45, 7) is 0. The second-order valence-corrected chi connectivity index (χ2v) is 5.85. The summed E-state index contributed by atoms with van der Waals surface area (Å²) in [4.78, 5) is 12.1. The number of carbonyl (C=O) groups excluding carboxylic acids is 1. The molecular formula is C23H24O6. The van der Waals surface area contributed by atoms with Crippen LogP contribution in [0, 0.1) is 0 Å². The van der Waals surface area contributed by atoms with E-state index < -0.39 is 0 Å². The van der Waals surface area contributed by atoms with Gasteiger partial charge in [0.05, 0.1) is 28.4 Å². The Hall–Kier alpha value is -3.67. The quantitative estimate of drug-likeness (QED) is 0.383. The molecule has 0 saturated carbocycles. The summed E-state index contributed by atoms with van der Waals surface area (Å²) in [5.41, 5.74) is 1.45. The molecule has 6 nitrogen and oxygen atoms in total. The van der Waals surface area contributed by atoms with Crippen LogP contribution in [0.1, 0.15) is 11.1 Å². The van der Waals surface area contributed by atoms with Gasteiger partial charge in [-0.3, -0.25) is 4.79 Å². The molecule has 0 bridgehead atoms. The zero-order valence-electron chi connectivity index (χ0n) is 16.8. The van der Waals surface area contributed by atoms with E-state index in [4.69, 9.17) is 18.9 Å². The van der Waals surface area contributed by atoms with Crippen LogP contribution in [0.15, 0.2) is 60.4 Å². The molecule has 2 rings (SSSR count). The highest BCUT2D eigenvalue weighted by molar-refractivity contribution is 6.02. The van der Waals surface area contributed by atoms with Crippen LogP contribution >= 0.6 is 0 Å².